The summed E-state index contributed by atoms with van der Waals surface area (Å²) in [6.45, 7) is 2.04. The number of carbonyl (C=O) groups excluding carboxylic acids is 1. The number of carbonyl (C=O) groups is 1. The molecule has 1 amide bonds. The van der Waals surface area contributed by atoms with Crippen molar-refractivity contribution >= 4 is 34.9 Å². The zero-order valence-electron chi connectivity index (χ0n) is 16.6. The Labute approximate surface area is 184 Å². The van der Waals surface area contributed by atoms with Crippen LogP contribution in [0.1, 0.15) is 11.1 Å². The standard InChI is InChI=1S/C25H17ClN4O/c1-15-6-8-16(9-7-15)21-14-22(17-10-12-18(26)13-11-17)29-25(28-21)30-23-19-4-2-3-5-20(19)27-24(23)31/h2-14H,1H3,(H,27,28,29,30,31). The van der Waals surface area contributed by atoms with Crippen LogP contribution in [0.5, 0.6) is 0 Å². The number of hydrogen-bond acceptors (Lipinski definition) is 4. The van der Waals surface area contributed by atoms with Gasteiger partial charge in [-0.2, -0.15) is 0 Å². The summed E-state index contributed by atoms with van der Waals surface area (Å²) in [5, 5.41) is 3.48. The molecule has 5 nitrogen and oxygen atoms in total. The molecule has 31 heavy (non-hydrogen) atoms. The lowest BCUT2D eigenvalue weighted by molar-refractivity contribution is -0.110. The molecule has 1 aliphatic rings. The number of nitrogens with one attached hydrogen (secondary N) is 1. The van der Waals surface area contributed by atoms with Gasteiger partial charge in [0.15, 0.2) is 0 Å². The Morgan fingerprint density at radius 3 is 2.13 bits per heavy atom. The lowest BCUT2D eigenvalue weighted by Crippen LogP contribution is -2.14. The average Bonchev–Trinajstić information content (AvgIpc) is 3.09. The summed E-state index contributed by atoms with van der Waals surface area (Å²) >= 11 is 6.05. The summed E-state index contributed by atoms with van der Waals surface area (Å²) in [5.74, 6) is -0.0385. The van der Waals surface area contributed by atoms with Crippen molar-refractivity contribution in [1.29, 1.82) is 0 Å². The highest BCUT2D eigenvalue weighted by atomic mass is 35.5. The van der Waals surface area contributed by atoms with E-state index in [9.17, 15) is 4.79 Å². The molecule has 0 saturated heterocycles. The average molecular weight is 425 g/mol. The van der Waals surface area contributed by atoms with E-state index in [1.807, 2.05) is 85.8 Å². The maximum absolute atomic E-state index is 12.5. The molecule has 3 aromatic carbocycles. The van der Waals surface area contributed by atoms with Crippen LogP contribution in [-0.4, -0.2) is 21.6 Å². The van der Waals surface area contributed by atoms with Crippen LogP contribution in [0.3, 0.4) is 0 Å². The van der Waals surface area contributed by atoms with Crippen LogP contribution in [0.15, 0.2) is 83.9 Å². The Morgan fingerprint density at radius 1 is 0.839 bits per heavy atom. The van der Waals surface area contributed by atoms with Crippen molar-refractivity contribution in [2.75, 3.05) is 5.32 Å². The molecule has 6 heteroatoms. The first kappa shape index (κ1) is 19.2. The van der Waals surface area contributed by atoms with Gasteiger partial charge in [-0.15, -0.1) is 0 Å². The Morgan fingerprint density at radius 2 is 1.45 bits per heavy atom. The molecule has 0 unspecified atom stereocenters. The van der Waals surface area contributed by atoms with Crippen LogP contribution in [0.25, 0.3) is 22.5 Å². The second-order valence-corrected chi connectivity index (χ2v) is 7.71. The Hall–Kier alpha value is -3.83. The van der Waals surface area contributed by atoms with Gasteiger partial charge in [0.2, 0.25) is 0 Å². The third-order valence-electron chi connectivity index (χ3n) is 5.06. The molecular weight excluding hydrogens is 408 g/mol. The zero-order valence-corrected chi connectivity index (χ0v) is 17.4. The van der Waals surface area contributed by atoms with E-state index in [-0.39, 0.29) is 11.9 Å². The maximum atomic E-state index is 12.5. The van der Waals surface area contributed by atoms with Gasteiger partial charge >= 0.3 is 0 Å². The SMILES string of the molecule is Cc1ccc(-c2cc(-c3ccc(Cl)cc3)nc(N=C3C(=O)Nc4ccccc43)n2)cc1. The third-order valence-corrected chi connectivity index (χ3v) is 5.31. The normalized spacial score (nSPS) is 13.9. The first-order chi connectivity index (χ1) is 15.1. The van der Waals surface area contributed by atoms with Crippen LogP contribution < -0.4 is 5.32 Å². The van der Waals surface area contributed by atoms with Crippen LogP contribution in [-0.2, 0) is 4.79 Å². The molecule has 0 spiro atoms. The second kappa shape index (κ2) is 7.78. The maximum Gasteiger partial charge on any atom is 0.275 e. The van der Waals surface area contributed by atoms with E-state index < -0.39 is 0 Å². The number of benzene rings is 3. The molecule has 2 heterocycles. The van der Waals surface area contributed by atoms with Gasteiger partial charge in [0, 0.05) is 21.7 Å². The summed E-state index contributed by atoms with van der Waals surface area (Å²) < 4.78 is 0. The van der Waals surface area contributed by atoms with Crippen molar-refractivity contribution in [3.05, 3.63) is 95.0 Å². The van der Waals surface area contributed by atoms with E-state index in [2.05, 4.69) is 20.3 Å². The molecule has 150 valence electrons. The van der Waals surface area contributed by atoms with E-state index in [0.717, 1.165) is 33.6 Å². The molecule has 4 aromatic rings. The van der Waals surface area contributed by atoms with Crippen molar-refractivity contribution in [2.45, 2.75) is 6.92 Å². The van der Waals surface area contributed by atoms with Gasteiger partial charge in [-0.25, -0.2) is 15.0 Å². The number of para-hydroxylation sites is 1. The van der Waals surface area contributed by atoms with E-state index >= 15 is 0 Å². The number of aromatic nitrogens is 2. The molecular formula is C25H17ClN4O. The van der Waals surface area contributed by atoms with Gasteiger partial charge in [-0.1, -0.05) is 71.8 Å². The minimum Gasteiger partial charge on any atom is -0.320 e. The number of anilines is 1. The van der Waals surface area contributed by atoms with E-state index in [1.54, 1.807) is 0 Å². The quantitative estimate of drug-likeness (QED) is 0.449. The van der Waals surface area contributed by atoms with Crippen molar-refractivity contribution in [2.24, 2.45) is 4.99 Å². The fraction of sp³-hybridized carbons (Fsp3) is 0.0400. The first-order valence-electron chi connectivity index (χ1n) is 9.78. The molecule has 0 fully saturated rings. The van der Waals surface area contributed by atoms with Crippen LogP contribution in [0.4, 0.5) is 11.6 Å². The Bertz CT molecular complexity index is 1260. The molecule has 0 bridgehead atoms. The molecule has 0 aliphatic carbocycles. The number of hydrogen-bond donors (Lipinski definition) is 1. The van der Waals surface area contributed by atoms with E-state index in [0.29, 0.717) is 16.4 Å². The summed E-state index contributed by atoms with van der Waals surface area (Å²) in [7, 11) is 0. The van der Waals surface area contributed by atoms with E-state index in [1.165, 1.54) is 0 Å². The third kappa shape index (κ3) is 3.83. The first-order valence-corrected chi connectivity index (χ1v) is 10.2. The lowest BCUT2D eigenvalue weighted by Gasteiger charge is -2.08. The highest BCUT2D eigenvalue weighted by Crippen LogP contribution is 2.29. The number of halogens is 1. The molecule has 0 radical (unpaired) electrons. The summed E-state index contributed by atoms with van der Waals surface area (Å²) in [6, 6.07) is 24.9. The largest absolute Gasteiger partial charge is 0.320 e. The number of nitrogens with zero attached hydrogens (tertiary/aromatic N) is 3. The lowest BCUT2D eigenvalue weighted by atomic mass is 10.1. The summed E-state index contributed by atoms with van der Waals surface area (Å²) in [6.07, 6.45) is 0. The van der Waals surface area contributed by atoms with Gasteiger partial charge in [0.25, 0.3) is 11.9 Å². The predicted molar refractivity (Wildman–Crippen MR) is 124 cm³/mol. The molecule has 0 saturated carbocycles. The summed E-state index contributed by atoms with van der Waals surface area (Å²) in [4.78, 5) is 26.3. The zero-order chi connectivity index (χ0) is 21.4. The van der Waals surface area contributed by atoms with Gasteiger partial charge in [0.1, 0.15) is 5.71 Å². The number of rotatable bonds is 3. The second-order valence-electron chi connectivity index (χ2n) is 7.27. The topological polar surface area (TPSA) is 67.2 Å². The highest BCUT2D eigenvalue weighted by molar-refractivity contribution is 6.54. The van der Waals surface area contributed by atoms with Crippen molar-refractivity contribution in [3.63, 3.8) is 0 Å². The fourth-order valence-electron chi connectivity index (χ4n) is 3.44. The number of fused-ring (bicyclic) bond motifs is 1. The fourth-order valence-corrected chi connectivity index (χ4v) is 3.56. The predicted octanol–water partition coefficient (Wildman–Crippen LogP) is 5.85. The van der Waals surface area contributed by atoms with Gasteiger partial charge in [0.05, 0.1) is 17.1 Å². The van der Waals surface area contributed by atoms with E-state index in [4.69, 9.17) is 11.6 Å². The molecule has 1 aliphatic heterocycles. The van der Waals surface area contributed by atoms with Crippen molar-refractivity contribution in [1.82, 2.24) is 9.97 Å². The minimum atomic E-state index is -0.265. The van der Waals surface area contributed by atoms with Crippen molar-refractivity contribution in [3.8, 4) is 22.5 Å². The van der Waals surface area contributed by atoms with Crippen LogP contribution in [0, 0.1) is 6.92 Å². The number of aliphatic imine (C=N–C) groups is 1. The number of aryl methyl sites for hydroxylation is 1. The highest BCUT2D eigenvalue weighted by Gasteiger charge is 2.26. The smallest absolute Gasteiger partial charge is 0.275 e. The summed E-state index contributed by atoms with van der Waals surface area (Å²) in [5.41, 5.74) is 6.20. The Kier molecular flexibility index (Phi) is 4.81. The van der Waals surface area contributed by atoms with Gasteiger partial charge in [-0.3, -0.25) is 4.79 Å². The molecule has 1 aromatic heterocycles. The molecule has 0 atom stereocenters. The van der Waals surface area contributed by atoms with Crippen molar-refractivity contribution < 1.29 is 4.79 Å². The number of amides is 1. The van der Waals surface area contributed by atoms with Gasteiger partial charge < -0.3 is 5.32 Å². The van der Waals surface area contributed by atoms with Crippen LogP contribution in [0.2, 0.25) is 5.02 Å². The monoisotopic (exact) mass is 424 g/mol. The van der Waals surface area contributed by atoms with Gasteiger partial charge in [-0.05, 0) is 31.2 Å². The molecule has 1 N–H and O–H groups in total. The molecule has 5 rings (SSSR count). The minimum absolute atomic E-state index is 0.227. The van der Waals surface area contributed by atoms with Crippen LogP contribution >= 0.6 is 11.6 Å². The Balaban J connectivity index is 1.67.